The van der Waals surface area contributed by atoms with Crippen LogP contribution in [0.1, 0.15) is 12.5 Å². The molecule has 0 aliphatic heterocycles. The minimum atomic E-state index is -0.600. The first kappa shape index (κ1) is 20.5. The number of ether oxygens (including phenoxy) is 2. The number of nitrogens with zero attached hydrogens (tertiary/aromatic N) is 2. The molecular formula is C20H21N3O5S. The molecule has 152 valence electrons. The van der Waals surface area contributed by atoms with Crippen molar-refractivity contribution in [2.75, 3.05) is 19.5 Å². The number of thioether (sulfide) groups is 1. The summed E-state index contributed by atoms with van der Waals surface area (Å²) in [6.07, 6.45) is 0. The second-order valence-corrected chi connectivity index (χ2v) is 7.56. The van der Waals surface area contributed by atoms with Crippen molar-refractivity contribution in [2.45, 2.75) is 24.1 Å². The zero-order valence-electron chi connectivity index (χ0n) is 16.5. The lowest BCUT2D eigenvalue weighted by atomic mass is 10.2. The Kier molecular flexibility index (Phi) is 6.28. The van der Waals surface area contributed by atoms with Crippen LogP contribution in [0.2, 0.25) is 0 Å². The molecule has 29 heavy (non-hydrogen) atoms. The second-order valence-electron chi connectivity index (χ2n) is 6.23. The topological polar surface area (TPSA) is 101 Å². The SMILES string of the molecule is COc1ccc(NC(=O)C(C)Sc2c([O-])on[n+]2-c2ccc(C)cc2)c(OC)c1. The maximum absolute atomic E-state index is 12.7. The van der Waals surface area contributed by atoms with E-state index < -0.39 is 11.2 Å². The minimum Gasteiger partial charge on any atom is -0.538 e. The Balaban J connectivity index is 1.77. The van der Waals surface area contributed by atoms with Crippen molar-refractivity contribution in [3.8, 4) is 23.1 Å². The van der Waals surface area contributed by atoms with E-state index in [2.05, 4.69) is 10.6 Å². The lowest BCUT2D eigenvalue weighted by Crippen LogP contribution is -2.36. The van der Waals surface area contributed by atoms with Crippen molar-refractivity contribution >= 4 is 23.4 Å². The molecule has 1 N–H and O–H groups in total. The van der Waals surface area contributed by atoms with Crippen LogP contribution in [-0.4, -0.2) is 30.6 Å². The third-order valence-corrected chi connectivity index (χ3v) is 5.31. The molecule has 1 atom stereocenters. The summed E-state index contributed by atoms with van der Waals surface area (Å²) < 4.78 is 16.7. The van der Waals surface area contributed by atoms with Crippen molar-refractivity contribution in [2.24, 2.45) is 0 Å². The molecule has 1 unspecified atom stereocenters. The number of carbonyl (C=O) groups is 1. The van der Waals surface area contributed by atoms with Gasteiger partial charge in [-0.25, -0.2) is 0 Å². The summed E-state index contributed by atoms with van der Waals surface area (Å²) in [5.41, 5.74) is 2.26. The van der Waals surface area contributed by atoms with Crippen LogP contribution in [0.25, 0.3) is 5.69 Å². The van der Waals surface area contributed by atoms with Crippen LogP contribution < -0.4 is 24.6 Å². The van der Waals surface area contributed by atoms with Crippen LogP contribution >= 0.6 is 11.8 Å². The third kappa shape index (κ3) is 4.62. The highest BCUT2D eigenvalue weighted by Crippen LogP contribution is 2.31. The van der Waals surface area contributed by atoms with Crippen molar-refractivity contribution in [3.05, 3.63) is 48.0 Å². The molecule has 1 amide bonds. The predicted octanol–water partition coefficient (Wildman–Crippen LogP) is 2.47. The molecular weight excluding hydrogens is 394 g/mol. The van der Waals surface area contributed by atoms with Gasteiger partial charge in [-0.05, 0) is 42.4 Å². The quantitative estimate of drug-likeness (QED) is 0.467. The van der Waals surface area contributed by atoms with E-state index in [0.717, 1.165) is 17.3 Å². The fourth-order valence-corrected chi connectivity index (χ4v) is 3.42. The van der Waals surface area contributed by atoms with Crippen LogP contribution in [0.15, 0.2) is 52.0 Å². The zero-order chi connectivity index (χ0) is 21.0. The normalized spacial score (nSPS) is 11.7. The van der Waals surface area contributed by atoms with E-state index in [9.17, 15) is 9.90 Å². The van der Waals surface area contributed by atoms with Gasteiger partial charge >= 0.3 is 0 Å². The van der Waals surface area contributed by atoms with Gasteiger partial charge in [0, 0.05) is 18.2 Å². The lowest BCUT2D eigenvalue weighted by Gasteiger charge is -2.14. The minimum absolute atomic E-state index is 0.221. The Bertz CT molecular complexity index is 1000. The molecule has 8 nitrogen and oxygen atoms in total. The number of amides is 1. The van der Waals surface area contributed by atoms with Gasteiger partial charge in [-0.2, -0.15) is 0 Å². The molecule has 2 aromatic carbocycles. The molecule has 0 spiro atoms. The molecule has 0 aliphatic carbocycles. The van der Waals surface area contributed by atoms with Gasteiger partial charge in [-0.3, -0.25) is 4.79 Å². The summed E-state index contributed by atoms with van der Waals surface area (Å²) in [5.74, 6) is 0.188. The van der Waals surface area contributed by atoms with E-state index >= 15 is 0 Å². The lowest BCUT2D eigenvalue weighted by molar-refractivity contribution is -0.705. The Morgan fingerprint density at radius 3 is 2.59 bits per heavy atom. The predicted molar refractivity (Wildman–Crippen MR) is 106 cm³/mol. The highest BCUT2D eigenvalue weighted by molar-refractivity contribution is 8.00. The number of methoxy groups -OCH3 is 2. The smallest absolute Gasteiger partial charge is 0.298 e. The van der Waals surface area contributed by atoms with Gasteiger partial charge in [0.25, 0.3) is 5.03 Å². The van der Waals surface area contributed by atoms with Gasteiger partial charge in [0.15, 0.2) is 5.95 Å². The Morgan fingerprint density at radius 2 is 1.93 bits per heavy atom. The van der Waals surface area contributed by atoms with Crippen LogP contribution in [0, 0.1) is 6.92 Å². The van der Waals surface area contributed by atoms with E-state index in [1.807, 2.05) is 31.2 Å². The van der Waals surface area contributed by atoms with Crippen molar-refractivity contribution < 1.29 is 28.6 Å². The van der Waals surface area contributed by atoms with Crippen molar-refractivity contribution in [1.82, 2.24) is 5.27 Å². The number of benzene rings is 2. The van der Waals surface area contributed by atoms with E-state index in [4.69, 9.17) is 14.0 Å². The van der Waals surface area contributed by atoms with E-state index in [1.54, 1.807) is 32.2 Å². The second kappa shape index (κ2) is 8.87. The molecule has 0 radical (unpaired) electrons. The third-order valence-electron chi connectivity index (χ3n) is 4.18. The number of rotatable bonds is 7. The number of carbonyl (C=O) groups excluding carboxylic acids is 1. The van der Waals surface area contributed by atoms with E-state index in [-0.39, 0.29) is 10.9 Å². The molecule has 3 aromatic rings. The molecule has 9 heteroatoms. The molecule has 0 aliphatic rings. The molecule has 1 heterocycles. The first-order valence-corrected chi connectivity index (χ1v) is 9.66. The first-order valence-electron chi connectivity index (χ1n) is 8.78. The van der Waals surface area contributed by atoms with Crippen LogP contribution in [-0.2, 0) is 4.79 Å². The van der Waals surface area contributed by atoms with E-state index in [1.165, 1.54) is 11.8 Å². The standard InChI is InChI=1S/C20H21N3O5S/c1-12-5-7-14(8-6-12)23-19(20(25)28-22-23)29-13(2)18(24)21-16-10-9-15(26-3)11-17(16)27-4/h5-11,13H,1-4H3,(H-,21,22,24,25). The summed E-state index contributed by atoms with van der Waals surface area (Å²) in [6.45, 7) is 3.66. The molecule has 0 bridgehead atoms. The molecule has 3 rings (SSSR count). The van der Waals surface area contributed by atoms with Crippen LogP contribution in [0.5, 0.6) is 17.4 Å². The Labute approximate surface area is 172 Å². The van der Waals surface area contributed by atoms with Crippen LogP contribution in [0.4, 0.5) is 5.69 Å². The largest absolute Gasteiger partial charge is 0.538 e. The van der Waals surface area contributed by atoms with Gasteiger partial charge in [-0.1, -0.05) is 17.7 Å². The molecule has 0 fully saturated rings. The fourth-order valence-electron chi connectivity index (χ4n) is 2.55. The summed E-state index contributed by atoms with van der Waals surface area (Å²) in [7, 11) is 3.06. The highest BCUT2D eigenvalue weighted by Gasteiger charge is 2.27. The summed E-state index contributed by atoms with van der Waals surface area (Å²) in [4.78, 5) is 12.7. The Hall–Kier alpha value is -3.20. The maximum Gasteiger partial charge on any atom is 0.298 e. The van der Waals surface area contributed by atoms with Gasteiger partial charge in [-0.15, -0.1) is 0 Å². The number of hydrogen-bond donors (Lipinski definition) is 1. The average molecular weight is 415 g/mol. The molecule has 1 aromatic heterocycles. The van der Waals surface area contributed by atoms with Gasteiger partial charge in [0.2, 0.25) is 11.6 Å². The number of anilines is 1. The average Bonchev–Trinajstić information content (AvgIpc) is 3.09. The number of nitrogens with one attached hydrogen (secondary N) is 1. The number of hydrogen-bond acceptors (Lipinski definition) is 7. The van der Waals surface area contributed by atoms with Crippen molar-refractivity contribution in [3.63, 3.8) is 0 Å². The van der Waals surface area contributed by atoms with Gasteiger partial charge in [0.05, 0.1) is 30.4 Å². The summed E-state index contributed by atoms with van der Waals surface area (Å²) in [6, 6.07) is 12.6. The van der Waals surface area contributed by atoms with Gasteiger partial charge < -0.3 is 24.4 Å². The monoisotopic (exact) mass is 415 g/mol. The van der Waals surface area contributed by atoms with Crippen LogP contribution in [0.3, 0.4) is 0 Å². The van der Waals surface area contributed by atoms with Gasteiger partial charge in [0.1, 0.15) is 11.5 Å². The zero-order valence-corrected chi connectivity index (χ0v) is 17.3. The fraction of sp³-hybridized carbons (Fsp3) is 0.250. The van der Waals surface area contributed by atoms with Crippen molar-refractivity contribution in [1.29, 1.82) is 0 Å². The molecule has 0 saturated carbocycles. The Morgan fingerprint density at radius 1 is 1.21 bits per heavy atom. The molecule has 0 saturated heterocycles. The summed E-state index contributed by atoms with van der Waals surface area (Å²) in [5, 5.41) is 18.4. The number of aryl methyl sites for hydroxylation is 1. The first-order chi connectivity index (χ1) is 13.9. The summed E-state index contributed by atoms with van der Waals surface area (Å²) >= 11 is 1.07. The number of aromatic nitrogens is 2. The van der Waals surface area contributed by atoms with E-state index in [0.29, 0.717) is 22.9 Å². The highest BCUT2D eigenvalue weighted by atomic mass is 32.2. The maximum atomic E-state index is 12.7.